The van der Waals surface area contributed by atoms with E-state index in [-0.39, 0.29) is 30.4 Å². The summed E-state index contributed by atoms with van der Waals surface area (Å²) < 4.78 is 5.10. The molecule has 2 heterocycles. The SMILES string of the molecule is Cc1ccc(C)c(N2N=C(C(=O)Nc3ccc4oc(=O)ccc4c3)CCC2=O)c1. The quantitative estimate of drug-likeness (QED) is 0.694. The van der Waals surface area contributed by atoms with Gasteiger partial charge in [0.1, 0.15) is 11.3 Å². The second kappa shape index (κ2) is 7.35. The highest BCUT2D eigenvalue weighted by Crippen LogP contribution is 2.26. The van der Waals surface area contributed by atoms with Crippen molar-refractivity contribution in [2.45, 2.75) is 26.7 Å². The molecular formula is C22H19N3O4. The number of amides is 2. The van der Waals surface area contributed by atoms with Crippen molar-refractivity contribution in [1.82, 2.24) is 0 Å². The van der Waals surface area contributed by atoms with Crippen LogP contribution in [0.2, 0.25) is 0 Å². The third-order valence-corrected chi connectivity index (χ3v) is 4.76. The second-order valence-corrected chi connectivity index (χ2v) is 7.00. The molecule has 0 aliphatic carbocycles. The molecular weight excluding hydrogens is 370 g/mol. The van der Waals surface area contributed by atoms with Crippen LogP contribution in [0, 0.1) is 13.8 Å². The van der Waals surface area contributed by atoms with Gasteiger partial charge in [-0.3, -0.25) is 9.59 Å². The van der Waals surface area contributed by atoms with E-state index >= 15 is 0 Å². The summed E-state index contributed by atoms with van der Waals surface area (Å²) in [4.78, 5) is 36.4. The molecule has 146 valence electrons. The fourth-order valence-electron chi connectivity index (χ4n) is 3.21. The molecule has 7 heteroatoms. The summed E-state index contributed by atoms with van der Waals surface area (Å²) in [5.41, 5.74) is 3.44. The third-order valence-electron chi connectivity index (χ3n) is 4.76. The van der Waals surface area contributed by atoms with Crippen LogP contribution in [0.3, 0.4) is 0 Å². The number of nitrogens with zero attached hydrogens (tertiary/aromatic N) is 2. The lowest BCUT2D eigenvalue weighted by Crippen LogP contribution is -2.36. The Hall–Kier alpha value is -3.74. The molecule has 1 aromatic heterocycles. The molecule has 2 amide bonds. The van der Waals surface area contributed by atoms with Crippen molar-refractivity contribution in [2.75, 3.05) is 10.3 Å². The van der Waals surface area contributed by atoms with E-state index in [2.05, 4.69) is 10.4 Å². The van der Waals surface area contributed by atoms with Gasteiger partial charge in [-0.15, -0.1) is 0 Å². The average Bonchev–Trinajstić information content (AvgIpc) is 2.70. The molecule has 0 radical (unpaired) electrons. The number of hydrogen-bond donors (Lipinski definition) is 1. The maximum absolute atomic E-state index is 12.7. The van der Waals surface area contributed by atoms with Crippen LogP contribution in [0.1, 0.15) is 24.0 Å². The van der Waals surface area contributed by atoms with Crippen LogP contribution < -0.4 is 16.0 Å². The predicted molar refractivity (Wildman–Crippen MR) is 111 cm³/mol. The van der Waals surface area contributed by atoms with Gasteiger partial charge in [-0.2, -0.15) is 5.10 Å². The number of hydrazone groups is 1. The Morgan fingerprint density at radius 3 is 2.69 bits per heavy atom. The van der Waals surface area contributed by atoms with Crippen LogP contribution >= 0.6 is 0 Å². The molecule has 29 heavy (non-hydrogen) atoms. The lowest BCUT2D eigenvalue weighted by molar-refractivity contribution is -0.118. The standard InChI is InChI=1S/C22H19N3O4/c1-13-3-4-14(2)18(11-13)25-20(26)9-7-17(24-25)22(28)23-16-6-8-19-15(12-16)5-10-21(27)29-19/h3-6,8,10-12H,7,9H2,1-2H3,(H,23,28). The number of nitrogens with one attached hydrogen (secondary N) is 1. The molecule has 0 saturated heterocycles. The minimum Gasteiger partial charge on any atom is -0.423 e. The molecule has 0 bridgehead atoms. The van der Waals surface area contributed by atoms with Crippen LogP contribution in [-0.4, -0.2) is 17.5 Å². The van der Waals surface area contributed by atoms with Crippen molar-refractivity contribution in [3.63, 3.8) is 0 Å². The summed E-state index contributed by atoms with van der Waals surface area (Å²) in [5, 5.41) is 9.15. The Bertz CT molecular complexity index is 1230. The zero-order valence-electron chi connectivity index (χ0n) is 16.1. The molecule has 0 unspecified atom stereocenters. The van der Waals surface area contributed by atoms with Crippen molar-refractivity contribution >= 4 is 39.9 Å². The van der Waals surface area contributed by atoms with E-state index in [1.165, 1.54) is 11.1 Å². The fraction of sp³-hybridized carbons (Fsp3) is 0.182. The number of carbonyl (C=O) groups excluding carboxylic acids is 2. The molecule has 2 aromatic carbocycles. The molecule has 4 rings (SSSR count). The average molecular weight is 389 g/mol. The molecule has 1 aliphatic heterocycles. The van der Waals surface area contributed by atoms with Gasteiger partial charge in [-0.1, -0.05) is 12.1 Å². The maximum atomic E-state index is 12.7. The van der Waals surface area contributed by atoms with Crippen molar-refractivity contribution in [3.8, 4) is 0 Å². The van der Waals surface area contributed by atoms with E-state index in [1.807, 2.05) is 32.0 Å². The summed E-state index contributed by atoms with van der Waals surface area (Å²) in [6.07, 6.45) is 0.483. The minimum atomic E-state index is -0.429. The van der Waals surface area contributed by atoms with Gasteiger partial charge in [0.25, 0.3) is 5.91 Å². The number of benzene rings is 2. The van der Waals surface area contributed by atoms with E-state index in [9.17, 15) is 14.4 Å². The largest absolute Gasteiger partial charge is 0.423 e. The highest BCUT2D eigenvalue weighted by atomic mass is 16.4. The zero-order valence-corrected chi connectivity index (χ0v) is 16.1. The van der Waals surface area contributed by atoms with Crippen molar-refractivity contribution in [3.05, 3.63) is 70.1 Å². The number of carbonyl (C=O) groups is 2. The summed E-state index contributed by atoms with van der Waals surface area (Å²) >= 11 is 0. The summed E-state index contributed by atoms with van der Waals surface area (Å²) in [6.45, 7) is 3.84. The molecule has 1 N–H and O–H groups in total. The van der Waals surface area contributed by atoms with Gasteiger partial charge in [0.05, 0.1) is 5.69 Å². The highest BCUT2D eigenvalue weighted by Gasteiger charge is 2.26. The van der Waals surface area contributed by atoms with E-state index in [0.717, 1.165) is 11.1 Å². The smallest absolute Gasteiger partial charge is 0.336 e. The lowest BCUT2D eigenvalue weighted by Gasteiger charge is -2.24. The Morgan fingerprint density at radius 2 is 1.86 bits per heavy atom. The van der Waals surface area contributed by atoms with Gasteiger partial charge < -0.3 is 9.73 Å². The highest BCUT2D eigenvalue weighted by molar-refractivity contribution is 6.44. The summed E-state index contributed by atoms with van der Waals surface area (Å²) in [5.74, 6) is -0.513. The zero-order chi connectivity index (χ0) is 20.5. The second-order valence-electron chi connectivity index (χ2n) is 7.00. The number of rotatable bonds is 3. The normalized spacial score (nSPS) is 14.1. The van der Waals surface area contributed by atoms with Gasteiger partial charge in [0.2, 0.25) is 5.91 Å². The van der Waals surface area contributed by atoms with Gasteiger partial charge in [-0.05, 0) is 55.3 Å². The maximum Gasteiger partial charge on any atom is 0.336 e. The van der Waals surface area contributed by atoms with E-state index in [4.69, 9.17) is 4.42 Å². The number of aryl methyl sites for hydroxylation is 2. The summed E-state index contributed by atoms with van der Waals surface area (Å²) in [6, 6.07) is 13.7. The number of anilines is 2. The Balaban J connectivity index is 1.61. The monoisotopic (exact) mass is 389 g/mol. The van der Waals surface area contributed by atoms with E-state index in [0.29, 0.717) is 22.3 Å². The third kappa shape index (κ3) is 3.80. The Kier molecular flexibility index (Phi) is 4.72. The van der Waals surface area contributed by atoms with Crippen molar-refractivity contribution in [2.24, 2.45) is 5.10 Å². The van der Waals surface area contributed by atoms with Crippen LogP contribution in [0.25, 0.3) is 11.0 Å². The molecule has 0 fully saturated rings. The van der Waals surface area contributed by atoms with Crippen molar-refractivity contribution < 1.29 is 14.0 Å². The van der Waals surface area contributed by atoms with Crippen LogP contribution in [0.4, 0.5) is 11.4 Å². The van der Waals surface area contributed by atoms with Gasteiger partial charge in [0.15, 0.2) is 0 Å². The first-order valence-electron chi connectivity index (χ1n) is 9.24. The fourth-order valence-corrected chi connectivity index (χ4v) is 3.21. The molecule has 0 atom stereocenters. The number of hydrogen-bond acceptors (Lipinski definition) is 5. The Labute approximate surface area is 166 Å². The van der Waals surface area contributed by atoms with Crippen LogP contribution in [0.15, 0.2) is 62.8 Å². The van der Waals surface area contributed by atoms with Gasteiger partial charge in [-0.25, -0.2) is 9.80 Å². The minimum absolute atomic E-state index is 0.143. The first-order chi connectivity index (χ1) is 13.9. The Morgan fingerprint density at radius 1 is 1.03 bits per heavy atom. The topological polar surface area (TPSA) is 92.0 Å². The molecule has 7 nitrogen and oxygen atoms in total. The first kappa shape index (κ1) is 18.6. The predicted octanol–water partition coefficient (Wildman–Crippen LogP) is 3.53. The number of fused-ring (bicyclic) bond motifs is 1. The van der Waals surface area contributed by atoms with Crippen LogP contribution in [0.5, 0.6) is 0 Å². The van der Waals surface area contributed by atoms with E-state index < -0.39 is 5.63 Å². The van der Waals surface area contributed by atoms with Crippen molar-refractivity contribution in [1.29, 1.82) is 0 Å². The van der Waals surface area contributed by atoms with Gasteiger partial charge in [0, 0.05) is 30.0 Å². The molecule has 0 spiro atoms. The molecule has 0 saturated carbocycles. The summed E-state index contributed by atoms with van der Waals surface area (Å²) in [7, 11) is 0. The van der Waals surface area contributed by atoms with Gasteiger partial charge >= 0.3 is 5.63 Å². The van der Waals surface area contributed by atoms with E-state index in [1.54, 1.807) is 24.3 Å². The molecule has 3 aromatic rings. The van der Waals surface area contributed by atoms with Crippen LogP contribution in [-0.2, 0) is 9.59 Å². The first-order valence-corrected chi connectivity index (χ1v) is 9.24. The lowest BCUT2D eigenvalue weighted by atomic mass is 10.1. The molecule has 1 aliphatic rings.